The Bertz CT molecular complexity index is 447. The van der Waals surface area contributed by atoms with Crippen LogP contribution >= 0.6 is 15.9 Å². The van der Waals surface area contributed by atoms with Crippen LogP contribution in [-0.2, 0) is 0 Å². The van der Waals surface area contributed by atoms with Gasteiger partial charge in [-0.3, -0.25) is 4.79 Å². The van der Waals surface area contributed by atoms with Crippen molar-refractivity contribution in [3.05, 3.63) is 34.3 Å². The first-order valence-electron chi connectivity index (χ1n) is 7.98. The number of carbonyl (C=O) groups excluding carboxylic acids is 1. The molecule has 1 aliphatic rings. The number of carbonyl (C=O) groups is 1. The number of nitrogens with one attached hydrogen (secondary N) is 1. The second kappa shape index (κ2) is 8.54. The van der Waals surface area contributed by atoms with Crippen molar-refractivity contribution in [2.24, 2.45) is 0 Å². The third-order valence-electron chi connectivity index (χ3n) is 4.23. The molecule has 0 radical (unpaired) electrons. The lowest BCUT2D eigenvalue weighted by Crippen LogP contribution is -2.40. The monoisotopic (exact) mass is 352 g/mol. The molecule has 21 heavy (non-hydrogen) atoms. The van der Waals surface area contributed by atoms with Gasteiger partial charge in [0.05, 0.1) is 0 Å². The highest BCUT2D eigenvalue weighted by Crippen LogP contribution is 2.19. The predicted molar refractivity (Wildman–Crippen MR) is 90.6 cm³/mol. The standard InChI is InChI=1S/C17H25BrN2O/c1-2-16-6-3-4-12-20(16)13-5-11-19-17(21)14-7-9-15(18)10-8-14/h7-10,16H,2-6,11-13H2,1H3,(H,19,21)/t16-/m1/s1. The van der Waals surface area contributed by atoms with E-state index < -0.39 is 0 Å². The van der Waals surface area contributed by atoms with Gasteiger partial charge in [0.1, 0.15) is 0 Å². The molecule has 4 heteroatoms. The predicted octanol–water partition coefficient (Wildman–Crippen LogP) is 3.83. The van der Waals surface area contributed by atoms with Gasteiger partial charge in [0.2, 0.25) is 0 Å². The third kappa shape index (κ3) is 5.11. The topological polar surface area (TPSA) is 32.3 Å². The lowest BCUT2D eigenvalue weighted by atomic mass is 10.00. The second-order valence-electron chi connectivity index (χ2n) is 5.71. The maximum atomic E-state index is 12.0. The molecule has 1 fully saturated rings. The first-order valence-corrected chi connectivity index (χ1v) is 8.78. The molecular weight excluding hydrogens is 328 g/mol. The lowest BCUT2D eigenvalue weighted by molar-refractivity contribution is 0.0947. The Morgan fingerprint density at radius 1 is 1.33 bits per heavy atom. The van der Waals surface area contributed by atoms with Gasteiger partial charge in [-0.05, 0) is 56.5 Å². The molecule has 0 aromatic heterocycles. The number of hydrogen-bond donors (Lipinski definition) is 1. The van der Waals surface area contributed by atoms with Crippen molar-refractivity contribution >= 4 is 21.8 Å². The van der Waals surface area contributed by atoms with Crippen molar-refractivity contribution in [3.63, 3.8) is 0 Å². The van der Waals surface area contributed by atoms with E-state index in [0.29, 0.717) is 0 Å². The Labute approximate surface area is 136 Å². The van der Waals surface area contributed by atoms with Crippen molar-refractivity contribution in [1.29, 1.82) is 0 Å². The first kappa shape index (κ1) is 16.5. The first-order chi connectivity index (χ1) is 10.2. The van der Waals surface area contributed by atoms with Crippen LogP contribution in [0.15, 0.2) is 28.7 Å². The molecule has 0 unspecified atom stereocenters. The Morgan fingerprint density at radius 2 is 2.10 bits per heavy atom. The zero-order valence-electron chi connectivity index (χ0n) is 12.8. The smallest absolute Gasteiger partial charge is 0.251 e. The van der Waals surface area contributed by atoms with Gasteiger partial charge in [-0.25, -0.2) is 0 Å². The molecule has 1 heterocycles. The van der Waals surface area contributed by atoms with Crippen molar-refractivity contribution in [3.8, 4) is 0 Å². The number of piperidine rings is 1. The maximum Gasteiger partial charge on any atom is 0.251 e. The second-order valence-corrected chi connectivity index (χ2v) is 6.63. The summed E-state index contributed by atoms with van der Waals surface area (Å²) in [5.74, 6) is 0.0215. The molecule has 0 spiro atoms. The van der Waals surface area contributed by atoms with Crippen LogP contribution < -0.4 is 5.32 Å². The SMILES string of the molecule is CC[C@@H]1CCCCN1CCCNC(=O)c1ccc(Br)cc1. The van der Waals surface area contributed by atoms with Gasteiger partial charge in [0, 0.05) is 29.2 Å². The summed E-state index contributed by atoms with van der Waals surface area (Å²) in [6, 6.07) is 8.23. The van der Waals surface area contributed by atoms with E-state index in [1.807, 2.05) is 24.3 Å². The number of amides is 1. The fourth-order valence-electron chi connectivity index (χ4n) is 3.00. The highest BCUT2D eigenvalue weighted by molar-refractivity contribution is 9.10. The summed E-state index contributed by atoms with van der Waals surface area (Å²) in [4.78, 5) is 14.6. The average Bonchev–Trinajstić information content (AvgIpc) is 2.52. The summed E-state index contributed by atoms with van der Waals surface area (Å²) in [5.41, 5.74) is 0.725. The fourth-order valence-corrected chi connectivity index (χ4v) is 3.27. The Hall–Kier alpha value is -0.870. The van der Waals surface area contributed by atoms with E-state index in [0.717, 1.165) is 35.6 Å². The van der Waals surface area contributed by atoms with Crippen LogP contribution in [0.25, 0.3) is 0 Å². The molecule has 2 rings (SSSR count). The molecule has 1 atom stereocenters. The summed E-state index contributed by atoms with van der Waals surface area (Å²) >= 11 is 3.38. The summed E-state index contributed by atoms with van der Waals surface area (Å²) in [6.07, 6.45) is 6.29. The molecular formula is C17H25BrN2O. The van der Waals surface area contributed by atoms with E-state index >= 15 is 0 Å². The summed E-state index contributed by atoms with van der Waals surface area (Å²) in [5, 5.41) is 3.01. The van der Waals surface area contributed by atoms with E-state index in [-0.39, 0.29) is 5.91 Å². The zero-order valence-corrected chi connectivity index (χ0v) is 14.4. The average molecular weight is 353 g/mol. The van der Waals surface area contributed by atoms with Gasteiger partial charge < -0.3 is 10.2 Å². The highest BCUT2D eigenvalue weighted by atomic mass is 79.9. The van der Waals surface area contributed by atoms with Crippen molar-refractivity contribution in [2.75, 3.05) is 19.6 Å². The van der Waals surface area contributed by atoms with Crippen molar-refractivity contribution < 1.29 is 4.79 Å². The quantitative estimate of drug-likeness (QED) is 0.789. The summed E-state index contributed by atoms with van der Waals surface area (Å²) in [6.45, 7) is 5.35. The molecule has 1 amide bonds. The molecule has 116 valence electrons. The Morgan fingerprint density at radius 3 is 2.81 bits per heavy atom. The number of likely N-dealkylation sites (tertiary alicyclic amines) is 1. The molecule has 1 aliphatic heterocycles. The highest BCUT2D eigenvalue weighted by Gasteiger charge is 2.19. The Balaban J connectivity index is 1.69. The molecule has 1 N–H and O–H groups in total. The van der Waals surface area contributed by atoms with Crippen LogP contribution in [0.2, 0.25) is 0 Å². The van der Waals surface area contributed by atoms with Gasteiger partial charge >= 0.3 is 0 Å². The van der Waals surface area contributed by atoms with Gasteiger partial charge in [0.25, 0.3) is 5.91 Å². The van der Waals surface area contributed by atoms with Crippen LogP contribution in [0.3, 0.4) is 0 Å². The molecule has 0 saturated carbocycles. The molecule has 0 aliphatic carbocycles. The minimum absolute atomic E-state index is 0.0215. The van der Waals surface area contributed by atoms with E-state index in [1.165, 1.54) is 32.2 Å². The van der Waals surface area contributed by atoms with Crippen LogP contribution in [0, 0.1) is 0 Å². The van der Waals surface area contributed by atoms with Gasteiger partial charge in [-0.15, -0.1) is 0 Å². The van der Waals surface area contributed by atoms with Crippen molar-refractivity contribution in [2.45, 2.75) is 45.1 Å². The van der Waals surface area contributed by atoms with E-state index in [2.05, 4.69) is 33.1 Å². The minimum Gasteiger partial charge on any atom is -0.352 e. The lowest BCUT2D eigenvalue weighted by Gasteiger charge is -2.35. The minimum atomic E-state index is 0.0215. The molecule has 1 aromatic carbocycles. The number of nitrogens with zero attached hydrogens (tertiary/aromatic N) is 1. The number of benzene rings is 1. The van der Waals surface area contributed by atoms with Gasteiger partial charge in [0.15, 0.2) is 0 Å². The largest absolute Gasteiger partial charge is 0.352 e. The van der Waals surface area contributed by atoms with E-state index in [9.17, 15) is 4.79 Å². The third-order valence-corrected chi connectivity index (χ3v) is 4.76. The van der Waals surface area contributed by atoms with Crippen molar-refractivity contribution in [1.82, 2.24) is 10.2 Å². The molecule has 1 aromatic rings. The summed E-state index contributed by atoms with van der Waals surface area (Å²) < 4.78 is 0.995. The number of rotatable bonds is 6. The fraction of sp³-hybridized carbons (Fsp3) is 0.588. The van der Waals surface area contributed by atoms with Crippen LogP contribution in [0.4, 0.5) is 0 Å². The van der Waals surface area contributed by atoms with Gasteiger partial charge in [-0.1, -0.05) is 29.3 Å². The van der Waals surface area contributed by atoms with Crippen LogP contribution in [0.5, 0.6) is 0 Å². The van der Waals surface area contributed by atoms with Gasteiger partial charge in [-0.2, -0.15) is 0 Å². The number of hydrogen-bond acceptors (Lipinski definition) is 2. The Kier molecular flexibility index (Phi) is 6.71. The number of halogens is 1. The van der Waals surface area contributed by atoms with Crippen LogP contribution in [-0.4, -0.2) is 36.5 Å². The normalized spacial score (nSPS) is 19.4. The molecule has 3 nitrogen and oxygen atoms in total. The van der Waals surface area contributed by atoms with Crippen LogP contribution in [0.1, 0.15) is 49.4 Å². The van der Waals surface area contributed by atoms with E-state index in [1.54, 1.807) is 0 Å². The molecule has 0 bridgehead atoms. The van der Waals surface area contributed by atoms with E-state index in [4.69, 9.17) is 0 Å². The molecule has 1 saturated heterocycles. The summed E-state index contributed by atoms with van der Waals surface area (Å²) in [7, 11) is 0. The zero-order chi connectivity index (χ0) is 15.1. The maximum absolute atomic E-state index is 12.0.